The molecule has 2 aliphatic rings. The number of anilines is 1. The number of hydrogen-bond donors (Lipinski definition) is 0. The van der Waals surface area contributed by atoms with Gasteiger partial charge in [0, 0.05) is 48.7 Å². The van der Waals surface area contributed by atoms with Gasteiger partial charge in [0.25, 0.3) is 0 Å². The van der Waals surface area contributed by atoms with Crippen LogP contribution in [0.3, 0.4) is 0 Å². The van der Waals surface area contributed by atoms with Gasteiger partial charge in [0.15, 0.2) is 11.6 Å². The van der Waals surface area contributed by atoms with Gasteiger partial charge >= 0.3 is 0 Å². The first-order valence-corrected chi connectivity index (χ1v) is 8.71. The van der Waals surface area contributed by atoms with Crippen LogP contribution in [0.5, 0.6) is 0 Å². The van der Waals surface area contributed by atoms with Crippen LogP contribution in [-0.4, -0.2) is 36.3 Å². The summed E-state index contributed by atoms with van der Waals surface area (Å²) in [5.41, 5.74) is 2.04. The van der Waals surface area contributed by atoms with E-state index in [1.165, 1.54) is 12.8 Å². The van der Waals surface area contributed by atoms with Crippen LogP contribution in [0.2, 0.25) is 0 Å². The number of pyridine rings is 1. The molecule has 5 rings (SSSR count). The topological polar surface area (TPSA) is 72.6 Å². The largest absolute Gasteiger partial charge is 0.347 e. The van der Waals surface area contributed by atoms with Gasteiger partial charge in [0.1, 0.15) is 11.6 Å². The Kier molecular flexibility index (Phi) is 3.26. The summed E-state index contributed by atoms with van der Waals surface area (Å²) in [4.78, 5) is 15.9. The molecule has 0 bridgehead atoms. The average Bonchev–Trinajstić information content (AvgIpc) is 3.41. The van der Waals surface area contributed by atoms with E-state index in [0.717, 1.165) is 47.6 Å². The minimum atomic E-state index is 0.560. The quantitative estimate of drug-likeness (QED) is 0.732. The highest BCUT2D eigenvalue weighted by Gasteiger charge is 2.29. The second kappa shape index (κ2) is 5.61. The van der Waals surface area contributed by atoms with E-state index in [1.54, 1.807) is 6.20 Å². The molecule has 0 spiro atoms. The van der Waals surface area contributed by atoms with Crippen LogP contribution in [0.4, 0.5) is 5.82 Å². The van der Waals surface area contributed by atoms with Gasteiger partial charge in [0.05, 0.1) is 6.54 Å². The van der Waals surface area contributed by atoms with Gasteiger partial charge in [-0.3, -0.25) is 4.98 Å². The fourth-order valence-electron chi connectivity index (χ4n) is 3.32. The Labute approximate surface area is 145 Å². The highest BCUT2D eigenvalue weighted by molar-refractivity contribution is 5.54. The summed E-state index contributed by atoms with van der Waals surface area (Å²) in [5.74, 6) is 4.42. The first kappa shape index (κ1) is 14.5. The molecule has 3 aromatic heterocycles. The van der Waals surface area contributed by atoms with Gasteiger partial charge in [-0.1, -0.05) is 0 Å². The second-order valence-corrected chi connectivity index (χ2v) is 6.75. The van der Waals surface area contributed by atoms with Crippen LogP contribution in [0, 0.1) is 6.92 Å². The van der Waals surface area contributed by atoms with Gasteiger partial charge in [-0.05, 0) is 31.9 Å². The van der Waals surface area contributed by atoms with E-state index in [1.807, 2.05) is 25.3 Å². The molecule has 0 amide bonds. The van der Waals surface area contributed by atoms with Gasteiger partial charge in [-0.2, -0.15) is 0 Å². The first-order chi connectivity index (χ1) is 12.3. The van der Waals surface area contributed by atoms with Crippen molar-refractivity contribution in [2.24, 2.45) is 0 Å². The number of aromatic nitrogens is 6. The molecule has 1 fully saturated rings. The summed E-state index contributed by atoms with van der Waals surface area (Å²) in [5, 5.41) is 8.78. The minimum Gasteiger partial charge on any atom is -0.347 e. The fraction of sp³-hybridized carbons (Fsp3) is 0.389. The number of aryl methyl sites for hydroxylation is 1. The Morgan fingerprint density at radius 2 is 2.04 bits per heavy atom. The van der Waals surface area contributed by atoms with Crippen molar-refractivity contribution in [3.8, 4) is 11.4 Å². The van der Waals surface area contributed by atoms with Crippen molar-refractivity contribution < 1.29 is 0 Å². The Bertz CT molecular complexity index is 914. The highest BCUT2D eigenvalue weighted by Crippen LogP contribution is 2.38. The lowest BCUT2D eigenvalue weighted by atomic mass is 10.2. The van der Waals surface area contributed by atoms with E-state index in [-0.39, 0.29) is 0 Å². The molecule has 7 nitrogen and oxygen atoms in total. The lowest BCUT2D eigenvalue weighted by molar-refractivity contribution is 0.558. The number of fused-ring (bicyclic) bond motifs is 1. The molecule has 1 saturated carbocycles. The smallest absolute Gasteiger partial charge is 0.165 e. The summed E-state index contributed by atoms with van der Waals surface area (Å²) in [6.45, 7) is 4.49. The van der Waals surface area contributed by atoms with Crippen molar-refractivity contribution in [2.45, 2.75) is 38.8 Å². The maximum Gasteiger partial charge on any atom is 0.165 e. The van der Waals surface area contributed by atoms with Gasteiger partial charge in [-0.25, -0.2) is 9.97 Å². The molecule has 0 saturated heterocycles. The zero-order chi connectivity index (χ0) is 16.8. The minimum absolute atomic E-state index is 0.560. The van der Waals surface area contributed by atoms with Crippen molar-refractivity contribution in [2.75, 3.05) is 11.4 Å². The lowest BCUT2D eigenvalue weighted by Gasteiger charge is -2.29. The zero-order valence-electron chi connectivity index (χ0n) is 14.1. The van der Waals surface area contributed by atoms with Crippen molar-refractivity contribution >= 4 is 5.82 Å². The number of rotatable bonds is 3. The predicted molar refractivity (Wildman–Crippen MR) is 93.0 cm³/mol. The van der Waals surface area contributed by atoms with Crippen LogP contribution in [-0.2, 0) is 13.1 Å². The molecular weight excluding hydrogens is 314 g/mol. The van der Waals surface area contributed by atoms with E-state index >= 15 is 0 Å². The molecule has 25 heavy (non-hydrogen) atoms. The normalized spacial score (nSPS) is 16.8. The Morgan fingerprint density at radius 1 is 1.12 bits per heavy atom. The molecule has 0 unspecified atom stereocenters. The molecular formula is C18H19N7. The molecule has 4 heterocycles. The van der Waals surface area contributed by atoms with Crippen molar-refractivity contribution in [3.05, 3.63) is 47.9 Å². The van der Waals surface area contributed by atoms with Crippen LogP contribution < -0.4 is 4.90 Å². The third-order valence-electron chi connectivity index (χ3n) is 4.80. The SMILES string of the molecule is Cc1cc(N2CCn3c(nnc3-c3cccnc3)C2)nc(C2CC2)n1. The Balaban J connectivity index is 1.45. The molecule has 0 aromatic carbocycles. The number of nitrogens with zero attached hydrogens (tertiary/aromatic N) is 7. The lowest BCUT2D eigenvalue weighted by Crippen LogP contribution is -2.34. The fourth-order valence-corrected chi connectivity index (χ4v) is 3.32. The third-order valence-corrected chi connectivity index (χ3v) is 4.80. The van der Waals surface area contributed by atoms with Crippen molar-refractivity contribution in [1.82, 2.24) is 29.7 Å². The second-order valence-electron chi connectivity index (χ2n) is 6.75. The van der Waals surface area contributed by atoms with Crippen LogP contribution in [0.1, 0.15) is 36.1 Å². The molecule has 7 heteroatoms. The highest BCUT2D eigenvalue weighted by atomic mass is 15.4. The van der Waals surface area contributed by atoms with Crippen LogP contribution in [0.25, 0.3) is 11.4 Å². The van der Waals surface area contributed by atoms with Crippen molar-refractivity contribution in [3.63, 3.8) is 0 Å². The predicted octanol–water partition coefficient (Wildman–Crippen LogP) is 2.34. The van der Waals surface area contributed by atoms with Gasteiger partial charge in [-0.15, -0.1) is 10.2 Å². The molecule has 3 aromatic rings. The molecule has 0 radical (unpaired) electrons. The summed E-state index contributed by atoms with van der Waals surface area (Å²) < 4.78 is 2.18. The van der Waals surface area contributed by atoms with E-state index in [9.17, 15) is 0 Å². The zero-order valence-corrected chi connectivity index (χ0v) is 14.1. The Hall–Kier alpha value is -2.83. The monoisotopic (exact) mass is 333 g/mol. The van der Waals surface area contributed by atoms with Gasteiger partial charge < -0.3 is 9.47 Å². The average molecular weight is 333 g/mol. The maximum atomic E-state index is 4.80. The summed E-state index contributed by atoms with van der Waals surface area (Å²) in [7, 11) is 0. The molecule has 126 valence electrons. The van der Waals surface area contributed by atoms with Crippen molar-refractivity contribution in [1.29, 1.82) is 0 Å². The Morgan fingerprint density at radius 3 is 2.84 bits per heavy atom. The van der Waals surface area contributed by atoms with Gasteiger partial charge in [0.2, 0.25) is 0 Å². The summed E-state index contributed by atoms with van der Waals surface area (Å²) in [6, 6.07) is 6.02. The molecule has 1 aliphatic heterocycles. The summed E-state index contributed by atoms with van der Waals surface area (Å²) >= 11 is 0. The maximum absolute atomic E-state index is 4.80. The van der Waals surface area contributed by atoms with E-state index < -0.39 is 0 Å². The standard InChI is InChI=1S/C18H19N7/c1-12-9-15(21-17(20-12)13-4-5-13)24-7-8-25-16(11-24)22-23-18(25)14-3-2-6-19-10-14/h2-3,6,9-10,13H,4-5,7-8,11H2,1H3. The summed E-state index contributed by atoms with van der Waals surface area (Å²) in [6.07, 6.45) is 6.03. The van der Waals surface area contributed by atoms with E-state index in [0.29, 0.717) is 12.5 Å². The van der Waals surface area contributed by atoms with Crippen LogP contribution in [0.15, 0.2) is 30.6 Å². The van der Waals surface area contributed by atoms with E-state index in [4.69, 9.17) is 4.98 Å². The first-order valence-electron chi connectivity index (χ1n) is 8.71. The van der Waals surface area contributed by atoms with E-state index in [2.05, 4.69) is 35.7 Å². The number of hydrogen-bond acceptors (Lipinski definition) is 6. The third kappa shape index (κ3) is 2.65. The molecule has 0 N–H and O–H groups in total. The molecule has 0 atom stereocenters. The van der Waals surface area contributed by atoms with Crippen LogP contribution >= 0.6 is 0 Å². The molecule has 1 aliphatic carbocycles.